The van der Waals surface area contributed by atoms with Crippen molar-refractivity contribution in [1.29, 1.82) is 0 Å². The molecule has 0 spiro atoms. The summed E-state index contributed by atoms with van der Waals surface area (Å²) in [6.07, 6.45) is -3.89. The molecule has 2 N–H and O–H groups in total. The van der Waals surface area contributed by atoms with Crippen LogP contribution in [0.4, 0.5) is 13.2 Å². The normalized spacial score (nSPS) is 12.7. The Balaban J connectivity index is 1.86. The molecule has 37 heavy (non-hydrogen) atoms. The Morgan fingerprint density at radius 1 is 1.27 bits per heavy atom. The monoisotopic (exact) mass is 518 g/mol. The van der Waals surface area contributed by atoms with Crippen molar-refractivity contribution in [3.63, 3.8) is 0 Å². The van der Waals surface area contributed by atoms with Crippen LogP contribution in [0.1, 0.15) is 46.7 Å². The molecule has 200 valence electrons. The van der Waals surface area contributed by atoms with E-state index >= 15 is 0 Å². The van der Waals surface area contributed by atoms with Crippen LogP contribution in [-0.2, 0) is 6.54 Å². The van der Waals surface area contributed by atoms with Crippen molar-refractivity contribution in [2.24, 2.45) is 0 Å². The number of pyridine rings is 1. The highest BCUT2D eigenvalue weighted by molar-refractivity contribution is 6.08. The first-order chi connectivity index (χ1) is 17.3. The second-order valence-corrected chi connectivity index (χ2v) is 9.30. The minimum atomic E-state index is -4.26. The summed E-state index contributed by atoms with van der Waals surface area (Å²) in [4.78, 5) is 29.7. The van der Waals surface area contributed by atoms with Gasteiger partial charge in [0.1, 0.15) is 5.75 Å². The number of aryl methyl sites for hydroxylation is 1. The summed E-state index contributed by atoms with van der Waals surface area (Å²) in [5.41, 5.74) is 3.35. The highest BCUT2D eigenvalue weighted by Crippen LogP contribution is 2.32. The molecule has 0 bridgehead atoms. The fourth-order valence-electron chi connectivity index (χ4n) is 4.58. The lowest BCUT2D eigenvalue weighted by Crippen LogP contribution is -2.32. The second-order valence-electron chi connectivity index (χ2n) is 9.30. The third-order valence-corrected chi connectivity index (χ3v) is 6.50. The van der Waals surface area contributed by atoms with E-state index in [2.05, 4.69) is 16.9 Å². The van der Waals surface area contributed by atoms with Crippen LogP contribution in [0.5, 0.6) is 5.75 Å². The molecule has 3 rings (SSSR count). The van der Waals surface area contributed by atoms with Gasteiger partial charge < -0.3 is 19.6 Å². The van der Waals surface area contributed by atoms with Crippen LogP contribution in [0, 0.1) is 13.8 Å². The lowest BCUT2D eigenvalue weighted by molar-refractivity contribution is -0.142. The molecule has 0 aliphatic rings. The number of fused-ring (bicyclic) bond motifs is 1. The Labute approximate surface area is 213 Å². The Kier molecular flexibility index (Phi) is 8.53. The predicted octanol–water partition coefficient (Wildman–Crippen LogP) is 4.89. The number of carbonyl (C=O) groups is 1. The van der Waals surface area contributed by atoms with Crippen molar-refractivity contribution in [3.05, 3.63) is 75.4 Å². The number of ether oxygens (including phenoxy) is 1. The summed E-state index contributed by atoms with van der Waals surface area (Å²) in [7, 11) is 2.89. The number of hydrogen-bond donors (Lipinski definition) is 2. The van der Waals surface area contributed by atoms with Gasteiger partial charge in [-0.3, -0.25) is 14.5 Å². The molecule has 0 aliphatic carbocycles. The van der Waals surface area contributed by atoms with Gasteiger partial charge in [0, 0.05) is 28.8 Å². The predicted molar refractivity (Wildman–Crippen MR) is 138 cm³/mol. The van der Waals surface area contributed by atoms with Gasteiger partial charge in [-0.15, -0.1) is 0 Å². The SMILES string of the molecule is C=C(CCN(C)CC(F)(F)F)[C@@H](C)n1c(C)c(C(=O)NCc2c(OC)cc(C)[nH]c2=O)c2ccccc21. The zero-order valence-corrected chi connectivity index (χ0v) is 21.8. The third-order valence-electron chi connectivity index (χ3n) is 6.50. The van der Waals surface area contributed by atoms with Crippen molar-refractivity contribution in [2.75, 3.05) is 27.2 Å². The van der Waals surface area contributed by atoms with E-state index in [1.807, 2.05) is 42.7 Å². The standard InChI is InChI=1S/C27H33F3N4O3/c1-16(11-12-33(5)15-27(28,29)30)18(3)34-19(4)24(20-9-7-8-10-22(20)34)26(36)31-14-21-23(37-6)13-17(2)32-25(21)35/h7-10,13,18H,1,11-12,14-15H2,2-6H3,(H,31,36)(H,32,35)/t18-/m1/s1. The van der Waals surface area contributed by atoms with Crippen molar-refractivity contribution < 1.29 is 22.7 Å². The van der Waals surface area contributed by atoms with Crippen molar-refractivity contribution in [3.8, 4) is 5.75 Å². The molecule has 0 unspecified atom stereocenters. The van der Waals surface area contributed by atoms with E-state index in [0.29, 0.717) is 34.7 Å². The van der Waals surface area contributed by atoms with Gasteiger partial charge in [0.25, 0.3) is 11.5 Å². The third kappa shape index (κ3) is 6.43. The van der Waals surface area contributed by atoms with E-state index in [4.69, 9.17) is 4.74 Å². The summed E-state index contributed by atoms with van der Waals surface area (Å²) in [6.45, 7) is 8.82. The zero-order chi connectivity index (χ0) is 27.5. The molecule has 2 heterocycles. The fourth-order valence-corrected chi connectivity index (χ4v) is 4.58. The Morgan fingerprint density at radius 2 is 1.95 bits per heavy atom. The van der Waals surface area contributed by atoms with Gasteiger partial charge in [0.2, 0.25) is 0 Å². The van der Waals surface area contributed by atoms with Gasteiger partial charge in [-0.25, -0.2) is 0 Å². The Morgan fingerprint density at radius 3 is 2.59 bits per heavy atom. The smallest absolute Gasteiger partial charge is 0.401 e. The van der Waals surface area contributed by atoms with Crippen LogP contribution < -0.4 is 15.6 Å². The number of benzene rings is 1. The number of amides is 1. The van der Waals surface area contributed by atoms with E-state index in [1.54, 1.807) is 13.0 Å². The van der Waals surface area contributed by atoms with Gasteiger partial charge in [-0.05, 0) is 46.4 Å². The number of rotatable bonds is 10. The minimum Gasteiger partial charge on any atom is -0.496 e. The maximum absolute atomic E-state index is 13.4. The van der Waals surface area contributed by atoms with Crippen LogP contribution in [0.25, 0.3) is 10.9 Å². The van der Waals surface area contributed by atoms with E-state index < -0.39 is 12.7 Å². The number of nitrogens with zero attached hydrogens (tertiary/aromatic N) is 2. The lowest BCUT2D eigenvalue weighted by atomic mass is 10.1. The van der Waals surface area contributed by atoms with Crippen molar-refractivity contribution in [1.82, 2.24) is 19.8 Å². The van der Waals surface area contributed by atoms with Gasteiger partial charge >= 0.3 is 6.18 Å². The average molecular weight is 519 g/mol. The van der Waals surface area contributed by atoms with Crippen LogP contribution >= 0.6 is 0 Å². The van der Waals surface area contributed by atoms with E-state index in [1.165, 1.54) is 19.1 Å². The van der Waals surface area contributed by atoms with Gasteiger partial charge in [0.05, 0.1) is 37.4 Å². The summed E-state index contributed by atoms with van der Waals surface area (Å²) in [6, 6.07) is 8.88. The molecular formula is C27H33F3N4O3. The number of methoxy groups -OCH3 is 1. The summed E-state index contributed by atoms with van der Waals surface area (Å²) >= 11 is 0. The highest BCUT2D eigenvalue weighted by Gasteiger charge is 2.29. The maximum atomic E-state index is 13.4. The quantitative estimate of drug-likeness (QED) is 0.375. The molecule has 0 radical (unpaired) electrons. The van der Waals surface area contributed by atoms with Gasteiger partial charge in [0.15, 0.2) is 0 Å². The molecule has 1 amide bonds. The minimum absolute atomic E-state index is 0.0234. The molecule has 1 atom stereocenters. The second kappa shape index (κ2) is 11.2. The first-order valence-corrected chi connectivity index (χ1v) is 11.9. The summed E-state index contributed by atoms with van der Waals surface area (Å²) in [5.74, 6) is 0.0401. The molecule has 0 fully saturated rings. The van der Waals surface area contributed by atoms with Crippen molar-refractivity contribution in [2.45, 2.75) is 46.0 Å². The van der Waals surface area contributed by atoms with Crippen LogP contribution in [-0.4, -0.2) is 53.8 Å². The number of carbonyl (C=O) groups excluding carboxylic acids is 1. The molecule has 0 saturated heterocycles. The number of hydrogen-bond acceptors (Lipinski definition) is 4. The number of para-hydroxylation sites is 1. The highest BCUT2D eigenvalue weighted by atomic mass is 19.4. The number of aromatic nitrogens is 2. The van der Waals surface area contributed by atoms with E-state index in [-0.39, 0.29) is 30.6 Å². The molecule has 0 saturated carbocycles. The molecular weight excluding hydrogens is 485 g/mol. The molecule has 2 aromatic heterocycles. The van der Waals surface area contributed by atoms with Gasteiger partial charge in [-0.2, -0.15) is 13.2 Å². The van der Waals surface area contributed by atoms with E-state index in [0.717, 1.165) is 16.5 Å². The first-order valence-electron chi connectivity index (χ1n) is 11.9. The van der Waals surface area contributed by atoms with E-state index in [9.17, 15) is 22.8 Å². The largest absolute Gasteiger partial charge is 0.496 e. The Bertz CT molecular complexity index is 1360. The lowest BCUT2D eigenvalue weighted by Gasteiger charge is -2.23. The molecule has 0 aliphatic heterocycles. The Hall–Kier alpha value is -3.53. The number of alkyl halides is 3. The molecule has 10 heteroatoms. The van der Waals surface area contributed by atoms with Crippen LogP contribution in [0.2, 0.25) is 0 Å². The maximum Gasteiger partial charge on any atom is 0.401 e. The molecule has 3 aromatic rings. The first kappa shape index (κ1) is 28.0. The van der Waals surface area contributed by atoms with Crippen LogP contribution in [0.15, 0.2) is 47.3 Å². The number of H-pyrrole nitrogens is 1. The average Bonchev–Trinajstić information content (AvgIpc) is 3.11. The number of aromatic amines is 1. The molecule has 1 aromatic carbocycles. The fraction of sp³-hybridized carbons (Fsp3) is 0.407. The summed E-state index contributed by atoms with van der Waals surface area (Å²) in [5, 5.41) is 3.57. The number of halogens is 3. The zero-order valence-electron chi connectivity index (χ0n) is 21.8. The topological polar surface area (TPSA) is 79.4 Å². The van der Waals surface area contributed by atoms with Crippen LogP contribution in [0.3, 0.4) is 0 Å². The van der Waals surface area contributed by atoms with Crippen molar-refractivity contribution >= 4 is 16.8 Å². The number of nitrogens with one attached hydrogen (secondary N) is 2. The van der Waals surface area contributed by atoms with Gasteiger partial charge in [-0.1, -0.05) is 30.4 Å². The molecule has 7 nitrogen and oxygen atoms in total. The summed E-state index contributed by atoms with van der Waals surface area (Å²) < 4.78 is 45.3.